The van der Waals surface area contributed by atoms with Crippen molar-refractivity contribution in [2.75, 3.05) is 12.8 Å². The molecule has 0 aliphatic heterocycles. The molecule has 0 saturated carbocycles. The van der Waals surface area contributed by atoms with E-state index >= 15 is 0 Å². The molecule has 0 amide bonds. The molecule has 2 aromatic heterocycles. The average molecular weight is 4050 g/mol. The topological polar surface area (TPSA) is 124 Å². The summed E-state index contributed by atoms with van der Waals surface area (Å²) < 4.78 is 30.5. The summed E-state index contributed by atoms with van der Waals surface area (Å²) in [4.78, 5) is 8.90. The van der Waals surface area contributed by atoms with Gasteiger partial charge in [0, 0.05) is 23.7 Å². The fourth-order valence-electron chi connectivity index (χ4n) is 10.3. The zero-order valence-electron chi connectivity index (χ0n) is 75.9. The van der Waals surface area contributed by atoms with Crippen molar-refractivity contribution in [2.24, 2.45) is 0 Å². The van der Waals surface area contributed by atoms with Gasteiger partial charge in [0.15, 0.2) is 27.1 Å². The summed E-state index contributed by atoms with van der Waals surface area (Å²) in [5, 5.41) is 6.80. The number of benzene rings is 2. The molecule has 0 spiro atoms. The molecule has 8 nitrogen and oxygen atoms in total. The number of anilines is 1. The molecule has 844 valence electrons. The van der Waals surface area contributed by atoms with E-state index in [1.165, 1.54) is 12.3 Å². The number of nitrogens with two attached hydrogens (primary N) is 1. The summed E-state index contributed by atoms with van der Waals surface area (Å²) in [6, 6.07) is 14.4. The molecule has 2 aromatic carbocycles. The van der Waals surface area contributed by atoms with Gasteiger partial charge in [0.05, 0.1) is 27.1 Å². The third kappa shape index (κ3) is 60.0. The quantitative estimate of drug-likeness (QED) is 0.0419. The van der Waals surface area contributed by atoms with Crippen molar-refractivity contribution >= 4 is 913 Å². The van der Waals surface area contributed by atoms with Gasteiger partial charge in [-0.3, -0.25) is 0 Å². The average Bonchev–Trinajstić information content (AvgIpc) is 0.920. The zero-order chi connectivity index (χ0) is 112. The number of sulfone groups is 1. The summed E-state index contributed by atoms with van der Waals surface area (Å²) in [7, 11) is 216. The molecule has 121 heteroatoms. The van der Waals surface area contributed by atoms with Crippen LogP contribution in [0.15, 0.2) is 64.1 Å². The minimum atomic E-state index is -3.51. The van der Waals surface area contributed by atoms with Crippen molar-refractivity contribution in [1.82, 2.24) is 20.4 Å². The summed E-state index contributed by atoms with van der Waals surface area (Å²) in [6.07, 6.45) is 1.50. The largest absolute Gasteiger partial charge is 0.382 e. The van der Waals surface area contributed by atoms with Crippen LogP contribution in [-0.4, -0.2) is 35.8 Å². The highest BCUT2D eigenvalue weighted by Gasteiger charge is 2.69. The zero-order valence-corrected chi connectivity index (χ0v) is 191. The number of nitrogen functional groups attached to an aromatic ring is 1. The Morgan fingerprint density at radius 3 is 0.710 bits per heavy atom. The van der Waals surface area contributed by atoms with Gasteiger partial charge in [0.1, 0.15) is 5.69 Å². The molecule has 4 aromatic rings. The van der Waals surface area contributed by atoms with Gasteiger partial charge in [-0.2, -0.15) is 0 Å². The Labute approximate surface area is 1070 Å². The van der Waals surface area contributed by atoms with E-state index in [1.54, 1.807) is 32.0 Å². The molecular weight excluding hydrogens is 3910 g/mol. The van der Waals surface area contributed by atoms with Crippen LogP contribution in [0.4, 0.5) is 5.82 Å². The Bertz CT molecular complexity index is 3970. The van der Waals surface area contributed by atoms with Gasteiger partial charge in [-0.05, 0) is 416 Å². The number of nitrogens with one attached hydrogen (secondary N) is 1. The maximum absolute atomic E-state index is 12.5. The lowest BCUT2D eigenvalue weighted by Crippen LogP contribution is -2.14. The number of rotatable bonds is 61. The molecule has 145 heavy (non-hydrogen) atoms. The SMILES string of the molecule is CNCc1ccc(-c2cc(-c3nc(-c4ccc(S(=O)(=O)C(C)C)c(Cl)c4)cnc3N)on2)cc1.PPP(P)P(P(P)P)P(P(P(P)P)P(P)P)P(P(P(P(P(P)P)P(P)P)P(P(P)P)P(P)P)P(P(P(P)P)P(P)P)P(P(P)P)P(P)P)P(P(P(P(P(P)P)P(P)P)P(P(P)P)P(P)P)P(P(P(P)P)P(P)P)P(P(P)P)P(P)P)P(P(P(P(P)P)P(P)P)P(P(P)P)P(P)P)P(P(P(P)P)P(P)P)P(P(P)P)P(P)P. The molecule has 4 rings (SSSR count). The van der Waals surface area contributed by atoms with E-state index < -0.39 is 392 Å². The minimum absolute atomic E-state index is 0.0807. The maximum atomic E-state index is 12.5. The molecule has 0 bridgehead atoms. The third-order valence-corrected chi connectivity index (χ3v) is 810. The lowest BCUT2D eigenvalue weighted by Gasteiger charge is -2.65. The van der Waals surface area contributed by atoms with Crippen LogP contribution in [0.3, 0.4) is 0 Å². The van der Waals surface area contributed by atoms with Crippen LogP contribution in [0.5, 0.6) is 0 Å². The number of hydrogen-bond donors (Lipinski definition) is 2. The molecule has 0 fully saturated rings. The van der Waals surface area contributed by atoms with E-state index in [1.807, 2.05) is 31.3 Å². The Hall–Kier alpha value is 44.5. The van der Waals surface area contributed by atoms with Crippen molar-refractivity contribution in [3.8, 4) is 34.0 Å². The van der Waals surface area contributed by atoms with Crippen LogP contribution in [0, 0.1) is 0 Å². The smallest absolute Gasteiger partial charge is 0.189 e. The molecule has 0 aliphatic rings. The van der Waals surface area contributed by atoms with Gasteiger partial charge >= 0.3 is 0 Å². The van der Waals surface area contributed by atoms with Crippen molar-refractivity contribution in [1.29, 1.82) is 0 Å². The second kappa shape index (κ2) is 96.9. The van der Waals surface area contributed by atoms with Crippen LogP contribution in [0.2, 0.25) is 5.02 Å². The van der Waals surface area contributed by atoms with Gasteiger partial charge in [-0.25, -0.2) is 18.4 Å². The highest BCUT2D eigenvalue weighted by Crippen LogP contribution is 3.56. The molecular formula is C24H137ClN5O3P111S. The predicted molar refractivity (Wildman–Crippen MR) is 1060 cm³/mol. The Morgan fingerprint density at radius 1 is 0.310 bits per heavy atom. The van der Waals surface area contributed by atoms with Crippen molar-refractivity contribution in [3.05, 3.63) is 65.3 Å². The fraction of sp³-hybridized carbons (Fsp3) is 0.208. The predicted octanol–water partition coefficient (Wildman–Crippen LogP) is 69.9. The van der Waals surface area contributed by atoms with Crippen LogP contribution in [0.25, 0.3) is 34.0 Å². The monoisotopic (exact) mass is 4050 g/mol. The lowest BCUT2D eigenvalue weighted by atomic mass is 10.1. The summed E-state index contributed by atoms with van der Waals surface area (Å²) in [5.41, 5.74) is 10.2. The Morgan fingerprint density at radius 2 is 0.517 bits per heavy atom. The summed E-state index contributed by atoms with van der Waals surface area (Å²) >= 11 is 6.31. The van der Waals surface area contributed by atoms with E-state index in [4.69, 9.17) is 21.9 Å². The summed E-state index contributed by atoms with van der Waals surface area (Å²) in [6.45, 7) is -23.2. The number of aromatic nitrogens is 3. The van der Waals surface area contributed by atoms with Crippen LogP contribution in [-0.2, 0) is 16.4 Å². The van der Waals surface area contributed by atoms with E-state index in [-0.39, 0.29) is 15.7 Å². The van der Waals surface area contributed by atoms with E-state index in [0.29, 0.717) is 28.4 Å². The molecule has 61 atom stereocenters. The second-order valence-corrected chi connectivity index (χ2v) is 489. The van der Waals surface area contributed by atoms with Gasteiger partial charge in [0.2, 0.25) is 0 Å². The highest BCUT2D eigenvalue weighted by atomic mass is 35.5. The molecule has 0 radical (unpaired) electrons. The number of nitrogens with zero attached hydrogens (tertiary/aromatic N) is 3. The molecule has 2 heterocycles. The third-order valence-electron chi connectivity index (χ3n) is 15.2. The standard InChI is InChI=1S/C24H24ClN5O3S.H113P111/c1-14(2)34(31,32)22-9-8-17(10-18(22)25)20-13-28-24(26)23(29-20)21-11-19(30-33-21)16-6-4-15(5-7-16)12-27-3;1-57-85(56)99(84(54)55)106(98(82(50)51)83(52)53)110(107(100(86(58(2)3)59(4)5)87(60(6)7)61(8)9)101(88(62(10)11)63(12)13)89(64(14)15)65(16)17)111(108(102(90(66(18)19)67(20)21)91(68(22)23)69(24)25)103(92(70(26)27)71(28)29)93(72(30)31)73(32)33)109(104(94(74(34)35)75(36)37)95(76(38)39)77(40)41)105(96(78(42)43)79(44)45)97(80(46)47)81(48)49/h4-11,13-14,27H,12H2,1-3H3,(H2,26,28);57H,1-56H2. The maximum Gasteiger partial charge on any atom is 0.189 e. The van der Waals surface area contributed by atoms with Gasteiger partial charge in [-0.15, -0.1) is 500 Å². The first kappa shape index (κ1) is 184. The van der Waals surface area contributed by atoms with E-state index in [0.717, 1.165) is 25.6 Å². The first-order chi connectivity index (χ1) is 66.7. The summed E-state index contributed by atoms with van der Waals surface area (Å²) in [5.74, 6) is 0.548. The minimum Gasteiger partial charge on any atom is -0.382 e. The normalized spacial score (nSPS) is 14.9. The van der Waals surface area contributed by atoms with Gasteiger partial charge < -0.3 is 15.6 Å². The number of hydrogen-bond acceptors (Lipinski definition) is 8. The van der Waals surface area contributed by atoms with E-state index in [9.17, 15) is 8.42 Å². The molecule has 0 saturated heterocycles. The number of halogens is 1. The van der Waals surface area contributed by atoms with Gasteiger partial charge in [0.25, 0.3) is 0 Å². The van der Waals surface area contributed by atoms with Gasteiger partial charge in [-0.1, -0.05) is 55.0 Å². The fourth-order valence-corrected chi connectivity index (χ4v) is 1670. The lowest BCUT2D eigenvalue weighted by molar-refractivity contribution is 0.434. The first-order valence-electron chi connectivity index (χ1n) is 35.9. The van der Waals surface area contributed by atoms with Crippen LogP contribution in [0.1, 0.15) is 19.4 Å². The van der Waals surface area contributed by atoms with E-state index in [2.05, 4.69) is 520 Å². The molecule has 61 unspecified atom stereocenters. The Balaban J connectivity index is 0.00000131. The van der Waals surface area contributed by atoms with Crippen molar-refractivity contribution in [3.63, 3.8) is 0 Å². The molecule has 0 aliphatic carbocycles. The Kier molecular flexibility index (Phi) is 123. The van der Waals surface area contributed by atoms with Crippen molar-refractivity contribution < 1.29 is 12.9 Å². The molecule has 3 N–H and O–H groups in total. The first-order valence-corrected chi connectivity index (χ1v) is 240. The van der Waals surface area contributed by atoms with Crippen LogP contribution < -0.4 is 11.1 Å². The second-order valence-electron chi connectivity index (χ2n) is 25.7. The van der Waals surface area contributed by atoms with Crippen molar-refractivity contribution in [2.45, 2.75) is 30.5 Å². The van der Waals surface area contributed by atoms with Crippen LogP contribution >= 0.6 is 897 Å². The highest BCUT2D eigenvalue weighted by molar-refractivity contribution is 9.62.